The second-order valence-electron chi connectivity index (χ2n) is 7.77. The molecule has 0 spiro atoms. The lowest BCUT2D eigenvalue weighted by Gasteiger charge is -2.28. The van der Waals surface area contributed by atoms with Crippen LogP contribution >= 0.6 is 0 Å². The third-order valence-electron chi connectivity index (χ3n) is 5.22. The molecule has 4 nitrogen and oxygen atoms in total. The fourth-order valence-corrected chi connectivity index (χ4v) is 3.55. The number of likely N-dealkylation sites (tertiary alicyclic amines) is 1. The molecular formula is C23H29F3N2O2. The molecule has 1 fully saturated rings. The Bertz CT molecular complexity index is 758. The molecular weight excluding hydrogens is 393 g/mol. The number of aliphatic hydroxyl groups excluding tert-OH is 1. The first kappa shape index (κ1) is 22.6. The smallest absolute Gasteiger partial charge is 0.416 e. The number of hydrogen-bond donors (Lipinski definition) is 2. The second-order valence-corrected chi connectivity index (χ2v) is 7.77. The maximum absolute atomic E-state index is 12.6. The largest absolute Gasteiger partial charge is 0.491 e. The minimum Gasteiger partial charge on any atom is -0.491 e. The van der Waals surface area contributed by atoms with Crippen LogP contribution in [0.25, 0.3) is 0 Å². The number of rotatable bonds is 9. The second kappa shape index (κ2) is 10.8. The van der Waals surface area contributed by atoms with E-state index in [1.807, 2.05) is 24.3 Å². The molecule has 0 bridgehead atoms. The number of nitrogens with one attached hydrogen (secondary N) is 1. The molecule has 0 aromatic heterocycles. The van der Waals surface area contributed by atoms with Gasteiger partial charge in [-0.3, -0.25) is 0 Å². The van der Waals surface area contributed by atoms with Crippen molar-refractivity contribution in [2.45, 2.75) is 44.6 Å². The van der Waals surface area contributed by atoms with Crippen LogP contribution in [-0.4, -0.2) is 42.4 Å². The van der Waals surface area contributed by atoms with Gasteiger partial charge in [-0.2, -0.15) is 13.2 Å². The van der Waals surface area contributed by atoms with Gasteiger partial charge in [-0.05, 0) is 61.3 Å². The van der Waals surface area contributed by atoms with E-state index < -0.39 is 17.8 Å². The molecule has 1 saturated heterocycles. The van der Waals surface area contributed by atoms with Gasteiger partial charge in [-0.1, -0.05) is 30.7 Å². The summed E-state index contributed by atoms with van der Waals surface area (Å²) in [6, 6.07) is 12.8. The van der Waals surface area contributed by atoms with Crippen LogP contribution in [0.1, 0.15) is 36.0 Å². The third-order valence-corrected chi connectivity index (χ3v) is 5.22. The van der Waals surface area contributed by atoms with Crippen molar-refractivity contribution in [1.82, 2.24) is 10.2 Å². The highest BCUT2D eigenvalue weighted by Crippen LogP contribution is 2.29. The molecule has 0 saturated carbocycles. The van der Waals surface area contributed by atoms with Crippen molar-refractivity contribution in [3.05, 3.63) is 65.2 Å². The molecule has 0 unspecified atom stereocenters. The number of nitrogens with zero attached hydrogens (tertiary/aromatic N) is 1. The lowest BCUT2D eigenvalue weighted by molar-refractivity contribution is -0.137. The number of ether oxygens (including phenoxy) is 1. The van der Waals surface area contributed by atoms with Gasteiger partial charge in [0.1, 0.15) is 18.5 Å². The zero-order chi connectivity index (χ0) is 21.4. The maximum atomic E-state index is 12.6. The van der Waals surface area contributed by atoms with Crippen molar-refractivity contribution in [2.75, 3.05) is 26.2 Å². The van der Waals surface area contributed by atoms with Crippen LogP contribution in [0.2, 0.25) is 0 Å². The van der Waals surface area contributed by atoms with E-state index in [-0.39, 0.29) is 6.61 Å². The molecule has 0 amide bonds. The highest BCUT2D eigenvalue weighted by atomic mass is 19.4. The monoisotopic (exact) mass is 422 g/mol. The number of benzene rings is 2. The maximum Gasteiger partial charge on any atom is 0.416 e. The molecule has 1 atom stereocenters. The van der Waals surface area contributed by atoms with Crippen molar-refractivity contribution in [3.8, 4) is 5.75 Å². The zero-order valence-electron chi connectivity index (χ0n) is 17.0. The fourth-order valence-electron chi connectivity index (χ4n) is 3.55. The summed E-state index contributed by atoms with van der Waals surface area (Å²) in [6.07, 6.45) is -1.15. The molecule has 3 rings (SSSR count). The average molecular weight is 422 g/mol. The van der Waals surface area contributed by atoms with Gasteiger partial charge in [0.2, 0.25) is 0 Å². The summed E-state index contributed by atoms with van der Waals surface area (Å²) in [7, 11) is 0. The van der Waals surface area contributed by atoms with Crippen molar-refractivity contribution in [3.63, 3.8) is 0 Å². The molecule has 7 heteroatoms. The van der Waals surface area contributed by atoms with Gasteiger partial charge < -0.3 is 20.1 Å². The predicted octanol–water partition coefficient (Wildman–Crippen LogP) is 4.22. The number of piperidine rings is 1. The highest BCUT2D eigenvalue weighted by Gasteiger charge is 2.29. The molecule has 164 valence electrons. The first-order valence-corrected chi connectivity index (χ1v) is 10.4. The van der Waals surface area contributed by atoms with Gasteiger partial charge in [-0.25, -0.2) is 0 Å². The van der Waals surface area contributed by atoms with Gasteiger partial charge in [0.25, 0.3) is 0 Å². The summed E-state index contributed by atoms with van der Waals surface area (Å²) in [4.78, 5) is 2.28. The van der Waals surface area contributed by atoms with Crippen molar-refractivity contribution >= 4 is 0 Å². The summed E-state index contributed by atoms with van der Waals surface area (Å²) >= 11 is 0. The Morgan fingerprint density at radius 3 is 2.03 bits per heavy atom. The number of halogens is 3. The van der Waals surface area contributed by atoms with Gasteiger partial charge in [-0.15, -0.1) is 0 Å². The standard InChI is InChI=1S/C23H29F3N2O2/c24-23(25,26)20-8-4-18(5-9-20)14-27-15-19-6-10-22(11-7-19)30-17-21(29)16-28-12-2-1-3-13-28/h4-11,21,27,29H,1-3,12-17H2/t21-/m1/s1. The summed E-state index contributed by atoms with van der Waals surface area (Å²) in [6.45, 7) is 4.09. The SMILES string of the molecule is O[C@@H](COc1ccc(CNCc2ccc(C(F)(F)F)cc2)cc1)CN1CCCCC1. The van der Waals surface area contributed by atoms with E-state index in [1.165, 1.54) is 31.4 Å². The first-order valence-electron chi connectivity index (χ1n) is 10.4. The molecule has 1 aliphatic rings. The van der Waals surface area contributed by atoms with Crippen LogP contribution in [0.4, 0.5) is 13.2 Å². The van der Waals surface area contributed by atoms with Gasteiger partial charge in [0.15, 0.2) is 0 Å². The Kier molecular flexibility index (Phi) is 8.13. The Hall–Kier alpha value is -2.09. The quantitative estimate of drug-likeness (QED) is 0.635. The lowest BCUT2D eigenvalue weighted by atomic mass is 10.1. The molecule has 2 N–H and O–H groups in total. The van der Waals surface area contributed by atoms with Crippen LogP contribution in [-0.2, 0) is 19.3 Å². The number of alkyl halides is 3. The number of hydrogen-bond acceptors (Lipinski definition) is 4. The van der Waals surface area contributed by atoms with Gasteiger partial charge >= 0.3 is 6.18 Å². The molecule has 2 aromatic rings. The van der Waals surface area contributed by atoms with Crippen LogP contribution < -0.4 is 10.1 Å². The number of β-amino-alcohol motifs (C(OH)–C–C–N with tert-alkyl or cyclic N) is 1. The Morgan fingerprint density at radius 1 is 0.900 bits per heavy atom. The van der Waals surface area contributed by atoms with E-state index in [4.69, 9.17) is 4.74 Å². The van der Waals surface area contributed by atoms with Crippen LogP contribution in [0, 0.1) is 0 Å². The van der Waals surface area contributed by atoms with Crippen molar-refractivity contribution in [2.24, 2.45) is 0 Å². The molecule has 1 aliphatic heterocycles. The van der Waals surface area contributed by atoms with Crippen molar-refractivity contribution in [1.29, 1.82) is 0 Å². The van der Waals surface area contributed by atoms with Crippen molar-refractivity contribution < 1.29 is 23.0 Å². The molecule has 30 heavy (non-hydrogen) atoms. The highest BCUT2D eigenvalue weighted by molar-refractivity contribution is 5.28. The predicted molar refractivity (Wildman–Crippen MR) is 110 cm³/mol. The number of aliphatic hydroxyl groups is 1. The molecule has 0 radical (unpaired) electrons. The Balaban J connectivity index is 1.37. The minimum absolute atomic E-state index is 0.266. The van der Waals surface area contributed by atoms with Gasteiger partial charge in [0.05, 0.1) is 5.56 Å². The van der Waals surface area contributed by atoms with Crippen LogP contribution in [0.15, 0.2) is 48.5 Å². The average Bonchev–Trinajstić information content (AvgIpc) is 2.74. The zero-order valence-corrected chi connectivity index (χ0v) is 17.0. The minimum atomic E-state index is -4.31. The summed E-state index contributed by atoms with van der Waals surface area (Å²) in [5, 5.41) is 13.4. The topological polar surface area (TPSA) is 44.7 Å². The van der Waals surface area contributed by atoms with E-state index in [0.717, 1.165) is 36.3 Å². The van der Waals surface area contributed by atoms with E-state index in [1.54, 1.807) is 0 Å². The third kappa shape index (κ3) is 7.31. The lowest BCUT2D eigenvalue weighted by Crippen LogP contribution is -2.38. The molecule has 2 aromatic carbocycles. The summed E-state index contributed by atoms with van der Waals surface area (Å²) < 4.78 is 43.5. The van der Waals surface area contributed by atoms with E-state index in [0.29, 0.717) is 25.4 Å². The van der Waals surface area contributed by atoms with E-state index in [2.05, 4.69) is 10.2 Å². The molecule has 1 heterocycles. The van der Waals surface area contributed by atoms with Crippen LogP contribution in [0.5, 0.6) is 5.75 Å². The van der Waals surface area contributed by atoms with E-state index >= 15 is 0 Å². The Morgan fingerprint density at radius 2 is 1.47 bits per heavy atom. The van der Waals surface area contributed by atoms with E-state index in [9.17, 15) is 18.3 Å². The van der Waals surface area contributed by atoms with Crippen LogP contribution in [0.3, 0.4) is 0 Å². The first-order chi connectivity index (χ1) is 14.4. The Labute approximate surface area is 175 Å². The summed E-state index contributed by atoms with van der Waals surface area (Å²) in [5.74, 6) is 0.708. The fraction of sp³-hybridized carbons (Fsp3) is 0.478. The summed E-state index contributed by atoms with van der Waals surface area (Å²) in [5.41, 5.74) is 1.21. The normalized spacial score (nSPS) is 16.4. The van der Waals surface area contributed by atoms with Gasteiger partial charge in [0, 0.05) is 19.6 Å². The molecule has 0 aliphatic carbocycles.